The lowest BCUT2D eigenvalue weighted by Gasteiger charge is -2.05. The molecule has 4 heteroatoms. The van der Waals surface area contributed by atoms with Crippen LogP contribution in [0, 0.1) is 0 Å². The van der Waals surface area contributed by atoms with E-state index in [1.165, 1.54) is 0 Å². The molecule has 0 bridgehead atoms. The predicted molar refractivity (Wildman–Crippen MR) is 67.6 cm³/mol. The maximum absolute atomic E-state index is 11.6. The van der Waals surface area contributed by atoms with Crippen molar-refractivity contribution < 1.29 is 19.1 Å². The van der Waals surface area contributed by atoms with Gasteiger partial charge in [0.2, 0.25) is 0 Å². The Labute approximate surface area is 107 Å². The number of esters is 2. The van der Waals surface area contributed by atoms with Gasteiger partial charge in [0.1, 0.15) is 0 Å². The summed E-state index contributed by atoms with van der Waals surface area (Å²) in [6, 6.07) is 6.27. The Morgan fingerprint density at radius 3 is 1.89 bits per heavy atom. The van der Waals surface area contributed by atoms with Crippen molar-refractivity contribution >= 4 is 11.9 Å². The first kappa shape index (κ1) is 14.2. The summed E-state index contributed by atoms with van der Waals surface area (Å²) in [5, 5.41) is 0. The highest BCUT2D eigenvalue weighted by atomic mass is 16.5. The summed E-state index contributed by atoms with van der Waals surface area (Å²) >= 11 is 0. The van der Waals surface area contributed by atoms with E-state index in [2.05, 4.69) is 0 Å². The second-order valence-electron chi connectivity index (χ2n) is 3.79. The van der Waals surface area contributed by atoms with Gasteiger partial charge in [-0.2, -0.15) is 0 Å². The molecule has 0 atom stereocenters. The zero-order chi connectivity index (χ0) is 13.4. The highest BCUT2D eigenvalue weighted by Crippen LogP contribution is 2.08. The summed E-state index contributed by atoms with van der Waals surface area (Å²) in [4.78, 5) is 23.0. The van der Waals surface area contributed by atoms with Gasteiger partial charge >= 0.3 is 11.9 Å². The highest BCUT2D eigenvalue weighted by molar-refractivity contribution is 5.93. The van der Waals surface area contributed by atoms with Gasteiger partial charge in [-0.25, -0.2) is 9.59 Å². The molecule has 0 aliphatic rings. The van der Waals surface area contributed by atoms with Crippen LogP contribution in [0.2, 0.25) is 0 Å². The molecular weight excluding hydrogens is 232 g/mol. The molecule has 1 aromatic rings. The average Bonchev–Trinajstić information content (AvgIpc) is 2.39. The van der Waals surface area contributed by atoms with Gasteiger partial charge in [0.15, 0.2) is 0 Å². The van der Waals surface area contributed by atoms with Crippen LogP contribution in [0.25, 0.3) is 0 Å². The van der Waals surface area contributed by atoms with Crippen molar-refractivity contribution in [3.63, 3.8) is 0 Å². The molecule has 0 aliphatic heterocycles. The number of rotatable bonds is 6. The molecule has 1 rings (SSSR count). The number of ether oxygens (including phenoxy) is 2. The van der Waals surface area contributed by atoms with Crippen LogP contribution in [-0.4, -0.2) is 25.2 Å². The van der Waals surface area contributed by atoms with E-state index in [1.807, 2.05) is 6.92 Å². The fourth-order valence-electron chi connectivity index (χ4n) is 1.35. The smallest absolute Gasteiger partial charge is 0.338 e. The maximum Gasteiger partial charge on any atom is 0.338 e. The summed E-state index contributed by atoms with van der Waals surface area (Å²) < 4.78 is 9.91. The fourth-order valence-corrected chi connectivity index (χ4v) is 1.35. The van der Waals surface area contributed by atoms with E-state index in [9.17, 15) is 9.59 Å². The third kappa shape index (κ3) is 4.20. The molecule has 18 heavy (non-hydrogen) atoms. The SMILES string of the molecule is CCCCOC(=O)c1ccc(C(=O)OCC)cc1. The minimum atomic E-state index is -0.386. The average molecular weight is 250 g/mol. The van der Waals surface area contributed by atoms with Gasteiger partial charge in [-0.3, -0.25) is 0 Å². The van der Waals surface area contributed by atoms with E-state index in [0.29, 0.717) is 24.3 Å². The van der Waals surface area contributed by atoms with Crippen LogP contribution >= 0.6 is 0 Å². The van der Waals surface area contributed by atoms with Crippen LogP contribution in [0.15, 0.2) is 24.3 Å². The third-order valence-electron chi connectivity index (χ3n) is 2.36. The Hall–Kier alpha value is -1.84. The number of hydrogen-bond acceptors (Lipinski definition) is 4. The zero-order valence-electron chi connectivity index (χ0n) is 10.8. The monoisotopic (exact) mass is 250 g/mol. The molecule has 98 valence electrons. The van der Waals surface area contributed by atoms with Gasteiger partial charge in [-0.1, -0.05) is 13.3 Å². The molecule has 1 aromatic carbocycles. The van der Waals surface area contributed by atoms with E-state index in [0.717, 1.165) is 12.8 Å². The highest BCUT2D eigenvalue weighted by Gasteiger charge is 2.10. The summed E-state index contributed by atoms with van der Waals surface area (Å²) in [7, 11) is 0. The summed E-state index contributed by atoms with van der Waals surface area (Å²) in [5.41, 5.74) is 0.876. The van der Waals surface area contributed by atoms with Crippen LogP contribution < -0.4 is 0 Å². The minimum Gasteiger partial charge on any atom is -0.462 e. The minimum absolute atomic E-state index is 0.333. The van der Waals surface area contributed by atoms with E-state index in [-0.39, 0.29) is 11.9 Å². The van der Waals surface area contributed by atoms with Crippen LogP contribution in [0.3, 0.4) is 0 Å². The predicted octanol–water partition coefficient (Wildman–Crippen LogP) is 2.82. The Morgan fingerprint density at radius 2 is 1.44 bits per heavy atom. The largest absolute Gasteiger partial charge is 0.462 e. The number of carbonyl (C=O) groups is 2. The molecule has 0 aromatic heterocycles. The molecule has 0 saturated heterocycles. The van der Waals surface area contributed by atoms with Crippen LogP contribution in [-0.2, 0) is 9.47 Å². The molecule has 0 amide bonds. The molecule has 0 N–H and O–H groups in total. The first-order valence-electron chi connectivity index (χ1n) is 6.13. The Bertz CT molecular complexity index is 395. The topological polar surface area (TPSA) is 52.6 Å². The molecular formula is C14H18O4. The van der Waals surface area contributed by atoms with Gasteiger partial charge in [-0.15, -0.1) is 0 Å². The number of unbranched alkanes of at least 4 members (excludes halogenated alkanes) is 1. The van der Waals surface area contributed by atoms with Crippen molar-refractivity contribution in [1.82, 2.24) is 0 Å². The van der Waals surface area contributed by atoms with Crippen LogP contribution in [0.1, 0.15) is 47.4 Å². The fraction of sp³-hybridized carbons (Fsp3) is 0.429. The van der Waals surface area contributed by atoms with Gasteiger partial charge in [0.25, 0.3) is 0 Å². The van der Waals surface area contributed by atoms with Crippen molar-refractivity contribution in [1.29, 1.82) is 0 Å². The third-order valence-corrected chi connectivity index (χ3v) is 2.36. The van der Waals surface area contributed by atoms with Crippen molar-refractivity contribution in [2.75, 3.05) is 13.2 Å². The summed E-state index contributed by atoms with van der Waals surface area (Å²) in [5.74, 6) is -0.748. The number of carbonyl (C=O) groups excluding carboxylic acids is 2. The standard InChI is InChI=1S/C14H18O4/c1-3-5-10-18-14(16)12-8-6-11(7-9-12)13(15)17-4-2/h6-9H,3-5,10H2,1-2H3. The molecule has 0 fully saturated rings. The second kappa shape index (κ2) is 7.48. The van der Waals surface area contributed by atoms with E-state index in [1.54, 1.807) is 31.2 Å². The Morgan fingerprint density at radius 1 is 0.944 bits per heavy atom. The van der Waals surface area contributed by atoms with Gasteiger partial charge in [-0.05, 0) is 37.6 Å². The normalized spacial score (nSPS) is 9.89. The maximum atomic E-state index is 11.6. The Balaban J connectivity index is 2.59. The van der Waals surface area contributed by atoms with Crippen molar-refractivity contribution in [2.45, 2.75) is 26.7 Å². The van der Waals surface area contributed by atoms with E-state index in [4.69, 9.17) is 9.47 Å². The first-order valence-corrected chi connectivity index (χ1v) is 6.13. The van der Waals surface area contributed by atoms with Gasteiger partial charge in [0.05, 0.1) is 24.3 Å². The lowest BCUT2D eigenvalue weighted by atomic mass is 10.1. The summed E-state index contributed by atoms with van der Waals surface area (Å²) in [6.07, 6.45) is 1.84. The van der Waals surface area contributed by atoms with E-state index >= 15 is 0 Å². The lowest BCUT2D eigenvalue weighted by Crippen LogP contribution is -2.08. The molecule has 0 saturated carbocycles. The summed E-state index contributed by atoms with van der Waals surface area (Å²) in [6.45, 7) is 4.54. The lowest BCUT2D eigenvalue weighted by molar-refractivity contribution is 0.0493. The van der Waals surface area contributed by atoms with Gasteiger partial charge < -0.3 is 9.47 Å². The zero-order valence-corrected chi connectivity index (χ0v) is 10.8. The second-order valence-corrected chi connectivity index (χ2v) is 3.79. The van der Waals surface area contributed by atoms with Crippen LogP contribution in [0.5, 0.6) is 0 Å². The molecule has 4 nitrogen and oxygen atoms in total. The van der Waals surface area contributed by atoms with Crippen LogP contribution in [0.4, 0.5) is 0 Å². The van der Waals surface area contributed by atoms with E-state index < -0.39 is 0 Å². The molecule has 0 aliphatic carbocycles. The van der Waals surface area contributed by atoms with Crippen molar-refractivity contribution in [3.8, 4) is 0 Å². The Kier molecular flexibility index (Phi) is 5.91. The molecule has 0 radical (unpaired) electrons. The van der Waals surface area contributed by atoms with Crippen molar-refractivity contribution in [3.05, 3.63) is 35.4 Å². The quantitative estimate of drug-likeness (QED) is 0.575. The number of hydrogen-bond donors (Lipinski definition) is 0. The molecule has 0 spiro atoms. The van der Waals surface area contributed by atoms with Gasteiger partial charge in [0, 0.05) is 0 Å². The molecule has 0 unspecified atom stereocenters. The first-order chi connectivity index (χ1) is 8.69. The molecule has 0 heterocycles. The van der Waals surface area contributed by atoms with Crippen molar-refractivity contribution in [2.24, 2.45) is 0 Å². The number of benzene rings is 1.